The lowest BCUT2D eigenvalue weighted by molar-refractivity contribution is -0.145. The van der Waals surface area contributed by atoms with Crippen LogP contribution in [-0.2, 0) is 9.53 Å². The molecule has 0 N–H and O–H groups in total. The summed E-state index contributed by atoms with van der Waals surface area (Å²) in [7, 11) is 4.67. The molecule has 0 fully saturated rings. The van der Waals surface area contributed by atoms with Gasteiger partial charge >= 0.3 is 5.97 Å². The van der Waals surface area contributed by atoms with E-state index in [1.165, 1.54) is 0 Å². The summed E-state index contributed by atoms with van der Waals surface area (Å²) in [5.74, 6) is 1.35. The van der Waals surface area contributed by atoms with Gasteiger partial charge in [-0.15, -0.1) is 5.10 Å². The van der Waals surface area contributed by atoms with Crippen molar-refractivity contribution < 1.29 is 28.5 Å². The van der Waals surface area contributed by atoms with Gasteiger partial charge in [0.2, 0.25) is 11.6 Å². The SMILES string of the molecule is CCOC(=O)COc1cc(-c2cc(OC)c(OC)c(OC)c2)n(-c2ccccc2)n1. The zero-order valence-electron chi connectivity index (χ0n) is 17.4. The Morgan fingerprint density at radius 2 is 1.63 bits per heavy atom. The summed E-state index contributed by atoms with van der Waals surface area (Å²) in [6, 6.07) is 15.0. The minimum Gasteiger partial charge on any atom is -0.493 e. The van der Waals surface area contributed by atoms with Gasteiger partial charge in [0.25, 0.3) is 0 Å². The molecule has 0 amide bonds. The Morgan fingerprint density at radius 3 is 2.20 bits per heavy atom. The minimum atomic E-state index is -0.457. The van der Waals surface area contributed by atoms with E-state index < -0.39 is 5.97 Å². The second-order valence-electron chi connectivity index (χ2n) is 6.12. The summed E-state index contributed by atoms with van der Waals surface area (Å²) in [5, 5.41) is 4.52. The van der Waals surface area contributed by atoms with Crippen LogP contribution in [0.5, 0.6) is 23.1 Å². The van der Waals surface area contributed by atoms with Gasteiger partial charge in [-0.2, -0.15) is 0 Å². The molecule has 30 heavy (non-hydrogen) atoms. The van der Waals surface area contributed by atoms with E-state index in [9.17, 15) is 4.79 Å². The zero-order chi connectivity index (χ0) is 21.5. The summed E-state index contributed by atoms with van der Waals surface area (Å²) in [6.07, 6.45) is 0. The number of nitrogens with zero attached hydrogens (tertiary/aromatic N) is 2. The van der Waals surface area contributed by atoms with E-state index in [0.29, 0.717) is 17.2 Å². The fourth-order valence-corrected chi connectivity index (χ4v) is 2.97. The fraction of sp³-hybridized carbons (Fsp3) is 0.273. The van der Waals surface area contributed by atoms with E-state index >= 15 is 0 Å². The number of esters is 1. The largest absolute Gasteiger partial charge is 0.493 e. The Balaban J connectivity index is 2.07. The summed E-state index contributed by atoms with van der Waals surface area (Å²) in [5.41, 5.74) is 2.32. The zero-order valence-corrected chi connectivity index (χ0v) is 17.4. The molecule has 0 bridgehead atoms. The Labute approximate surface area is 174 Å². The number of para-hydroxylation sites is 1. The summed E-state index contributed by atoms with van der Waals surface area (Å²) in [6.45, 7) is 1.80. The Morgan fingerprint density at radius 1 is 0.967 bits per heavy atom. The van der Waals surface area contributed by atoms with Crippen LogP contribution in [0.3, 0.4) is 0 Å². The maximum atomic E-state index is 11.7. The molecule has 8 heteroatoms. The second kappa shape index (κ2) is 9.69. The summed E-state index contributed by atoms with van der Waals surface area (Å²) >= 11 is 0. The van der Waals surface area contributed by atoms with Crippen molar-refractivity contribution in [1.82, 2.24) is 9.78 Å². The maximum Gasteiger partial charge on any atom is 0.344 e. The van der Waals surface area contributed by atoms with Gasteiger partial charge in [-0.1, -0.05) is 18.2 Å². The van der Waals surface area contributed by atoms with E-state index in [-0.39, 0.29) is 19.1 Å². The lowest BCUT2D eigenvalue weighted by Crippen LogP contribution is -2.14. The molecule has 1 heterocycles. The van der Waals surface area contributed by atoms with Gasteiger partial charge in [0.15, 0.2) is 18.1 Å². The van der Waals surface area contributed by atoms with E-state index in [1.807, 2.05) is 42.5 Å². The van der Waals surface area contributed by atoms with Gasteiger partial charge in [0, 0.05) is 11.6 Å². The molecule has 0 spiro atoms. The number of hydrogen-bond donors (Lipinski definition) is 0. The van der Waals surface area contributed by atoms with Crippen molar-refractivity contribution in [3.8, 4) is 40.1 Å². The lowest BCUT2D eigenvalue weighted by Gasteiger charge is -2.14. The molecule has 0 aliphatic carbocycles. The van der Waals surface area contributed by atoms with Crippen LogP contribution >= 0.6 is 0 Å². The number of hydrogen-bond acceptors (Lipinski definition) is 7. The predicted molar refractivity (Wildman–Crippen MR) is 111 cm³/mol. The van der Waals surface area contributed by atoms with Crippen molar-refractivity contribution in [2.24, 2.45) is 0 Å². The number of carbonyl (C=O) groups is 1. The van der Waals surface area contributed by atoms with Gasteiger partial charge in [-0.05, 0) is 31.2 Å². The van der Waals surface area contributed by atoms with Crippen LogP contribution in [0.4, 0.5) is 0 Å². The van der Waals surface area contributed by atoms with Crippen molar-refractivity contribution in [3.05, 3.63) is 48.5 Å². The predicted octanol–water partition coefficient (Wildman–Crippen LogP) is 3.51. The van der Waals surface area contributed by atoms with E-state index in [2.05, 4.69) is 5.10 Å². The second-order valence-corrected chi connectivity index (χ2v) is 6.12. The van der Waals surface area contributed by atoms with Crippen molar-refractivity contribution >= 4 is 5.97 Å². The first-order chi connectivity index (χ1) is 14.6. The van der Waals surface area contributed by atoms with Crippen molar-refractivity contribution in [3.63, 3.8) is 0 Å². The van der Waals surface area contributed by atoms with Crippen LogP contribution in [0.15, 0.2) is 48.5 Å². The molecule has 3 aromatic rings. The van der Waals surface area contributed by atoms with Crippen LogP contribution in [0, 0.1) is 0 Å². The normalized spacial score (nSPS) is 10.4. The van der Waals surface area contributed by atoms with Gasteiger partial charge in [0.1, 0.15) is 0 Å². The third-order valence-electron chi connectivity index (χ3n) is 4.29. The molecule has 0 saturated heterocycles. The van der Waals surface area contributed by atoms with Crippen LogP contribution in [0.1, 0.15) is 6.92 Å². The summed E-state index contributed by atoms with van der Waals surface area (Å²) in [4.78, 5) is 11.7. The molecule has 0 aliphatic heterocycles. The summed E-state index contributed by atoms with van der Waals surface area (Å²) < 4.78 is 28.5. The van der Waals surface area contributed by atoms with Crippen LogP contribution < -0.4 is 18.9 Å². The first kappa shape index (κ1) is 21.0. The van der Waals surface area contributed by atoms with Gasteiger partial charge in [0.05, 0.1) is 39.3 Å². The van der Waals surface area contributed by atoms with Gasteiger partial charge in [-0.3, -0.25) is 0 Å². The quantitative estimate of drug-likeness (QED) is 0.498. The van der Waals surface area contributed by atoms with Crippen LogP contribution in [-0.4, -0.2) is 50.3 Å². The Kier molecular flexibility index (Phi) is 6.79. The topological polar surface area (TPSA) is 81.0 Å². The molecule has 0 aliphatic rings. The lowest BCUT2D eigenvalue weighted by atomic mass is 10.1. The number of methoxy groups -OCH3 is 3. The van der Waals surface area contributed by atoms with Crippen LogP contribution in [0.2, 0.25) is 0 Å². The van der Waals surface area contributed by atoms with E-state index in [0.717, 1.165) is 16.9 Å². The van der Waals surface area contributed by atoms with Crippen LogP contribution in [0.25, 0.3) is 16.9 Å². The molecule has 158 valence electrons. The van der Waals surface area contributed by atoms with Crippen molar-refractivity contribution in [1.29, 1.82) is 0 Å². The highest BCUT2D eigenvalue weighted by atomic mass is 16.6. The Hall–Kier alpha value is -3.68. The Bertz CT molecular complexity index is 975. The molecular formula is C22H24N2O6. The average molecular weight is 412 g/mol. The first-order valence-electron chi connectivity index (χ1n) is 9.35. The highest BCUT2D eigenvalue weighted by Crippen LogP contribution is 2.42. The van der Waals surface area contributed by atoms with Gasteiger partial charge < -0.3 is 23.7 Å². The van der Waals surface area contributed by atoms with Crippen molar-refractivity contribution in [2.75, 3.05) is 34.5 Å². The average Bonchev–Trinajstić information content (AvgIpc) is 3.21. The molecular weight excluding hydrogens is 388 g/mol. The third kappa shape index (κ3) is 4.48. The number of benzene rings is 2. The molecule has 0 radical (unpaired) electrons. The first-order valence-corrected chi connectivity index (χ1v) is 9.35. The number of ether oxygens (including phenoxy) is 5. The number of aromatic nitrogens is 2. The standard InChI is InChI=1S/C22H24N2O6/c1-5-29-21(25)14-30-20-13-17(24(23-20)16-9-7-6-8-10-16)15-11-18(26-2)22(28-4)19(12-15)27-3/h6-13H,5,14H2,1-4H3. The highest BCUT2D eigenvalue weighted by Gasteiger charge is 2.19. The maximum absolute atomic E-state index is 11.7. The third-order valence-corrected chi connectivity index (χ3v) is 4.29. The molecule has 8 nitrogen and oxygen atoms in total. The highest BCUT2D eigenvalue weighted by molar-refractivity contribution is 5.72. The number of rotatable bonds is 9. The monoisotopic (exact) mass is 412 g/mol. The number of carbonyl (C=O) groups excluding carboxylic acids is 1. The molecule has 3 rings (SSSR count). The fourth-order valence-electron chi connectivity index (χ4n) is 2.97. The molecule has 0 saturated carbocycles. The van der Waals surface area contributed by atoms with E-state index in [4.69, 9.17) is 23.7 Å². The minimum absolute atomic E-state index is 0.228. The van der Waals surface area contributed by atoms with Gasteiger partial charge in [-0.25, -0.2) is 9.48 Å². The molecule has 2 aromatic carbocycles. The molecule has 1 aromatic heterocycles. The molecule has 0 unspecified atom stereocenters. The smallest absolute Gasteiger partial charge is 0.344 e. The van der Waals surface area contributed by atoms with E-state index in [1.54, 1.807) is 39.0 Å². The molecule has 0 atom stereocenters. The van der Waals surface area contributed by atoms with Crippen molar-refractivity contribution in [2.45, 2.75) is 6.92 Å².